The van der Waals surface area contributed by atoms with Crippen molar-refractivity contribution in [3.8, 4) is 0 Å². The van der Waals surface area contributed by atoms with Crippen LogP contribution in [-0.2, 0) is 10.0 Å². The number of pyridine rings is 1. The number of hydrogen-bond donors (Lipinski definition) is 1. The summed E-state index contributed by atoms with van der Waals surface area (Å²) in [6, 6.07) is 0. The molecule has 1 aromatic heterocycles. The molecule has 1 rings (SSSR count). The Morgan fingerprint density at radius 2 is 2.07 bits per heavy atom. The first-order chi connectivity index (χ1) is 6.75. The van der Waals surface area contributed by atoms with E-state index >= 15 is 0 Å². The summed E-state index contributed by atoms with van der Waals surface area (Å²) in [7, 11) is -3.96. The van der Waals surface area contributed by atoms with Gasteiger partial charge in [-0.05, 0) is 29.5 Å². The Morgan fingerprint density at radius 1 is 1.53 bits per heavy atom. The molecule has 0 aliphatic carbocycles. The second-order valence-corrected chi connectivity index (χ2v) is 5.36. The van der Waals surface area contributed by atoms with Crippen LogP contribution in [0.25, 0.3) is 0 Å². The molecule has 0 atom stereocenters. The summed E-state index contributed by atoms with van der Waals surface area (Å²) < 4.78 is 47.0. The molecule has 8 heteroatoms. The van der Waals surface area contributed by atoms with Gasteiger partial charge in [-0.15, -0.1) is 0 Å². The van der Waals surface area contributed by atoms with E-state index in [4.69, 9.17) is 5.14 Å². The fourth-order valence-corrected chi connectivity index (χ4v) is 2.57. The number of sulfonamides is 1. The van der Waals surface area contributed by atoms with Gasteiger partial charge in [0.2, 0.25) is 0 Å². The second kappa shape index (κ2) is 4.26. The Kier molecular flexibility index (Phi) is 3.61. The van der Waals surface area contributed by atoms with Gasteiger partial charge in [-0.25, -0.2) is 27.3 Å². The molecule has 0 saturated heterocycles. The van der Waals surface area contributed by atoms with E-state index < -0.39 is 16.4 Å². The summed E-state index contributed by atoms with van der Waals surface area (Å²) in [4.78, 5) is 3.43. The molecule has 0 amide bonds. The van der Waals surface area contributed by atoms with Crippen molar-refractivity contribution in [1.82, 2.24) is 4.98 Å². The quantitative estimate of drug-likeness (QED) is 0.825. The third-order valence-corrected chi connectivity index (χ3v) is 4.11. The zero-order valence-corrected chi connectivity index (χ0v) is 10.5. The van der Waals surface area contributed by atoms with Crippen LogP contribution in [-0.4, -0.2) is 13.4 Å². The molecular weight excluding hydrogens is 341 g/mol. The first-order valence-electron chi connectivity index (χ1n) is 3.71. The van der Waals surface area contributed by atoms with Gasteiger partial charge in [0.25, 0.3) is 16.4 Å². The van der Waals surface area contributed by atoms with Crippen molar-refractivity contribution in [1.29, 1.82) is 0 Å². The van der Waals surface area contributed by atoms with E-state index in [1.54, 1.807) is 22.6 Å². The maximum Gasteiger partial charge on any atom is 0.266 e. The van der Waals surface area contributed by atoms with Crippen molar-refractivity contribution < 1.29 is 17.2 Å². The summed E-state index contributed by atoms with van der Waals surface area (Å²) in [6.45, 7) is 1.39. The van der Waals surface area contributed by atoms with Crippen LogP contribution in [0.5, 0.6) is 0 Å². The lowest BCUT2D eigenvalue weighted by Crippen LogP contribution is -2.17. The standard InChI is InChI=1S/C7H7F2IN2O2S/c1-3-5(10)4(6(8)9)2-12-7(3)15(11,13)14/h2,6H,1H3,(H2,11,13,14). The molecule has 0 radical (unpaired) electrons. The molecule has 0 fully saturated rings. The van der Waals surface area contributed by atoms with Gasteiger partial charge < -0.3 is 0 Å². The Morgan fingerprint density at radius 3 is 2.47 bits per heavy atom. The minimum atomic E-state index is -3.96. The predicted octanol–water partition coefficient (Wildman–Crippen LogP) is 1.58. The number of aromatic nitrogens is 1. The smallest absolute Gasteiger partial charge is 0.243 e. The van der Waals surface area contributed by atoms with E-state index in [2.05, 4.69) is 4.98 Å². The zero-order valence-electron chi connectivity index (χ0n) is 7.54. The molecule has 0 aliphatic heterocycles. The van der Waals surface area contributed by atoms with Gasteiger partial charge in [-0.1, -0.05) is 0 Å². The number of nitrogens with two attached hydrogens (primary N) is 1. The van der Waals surface area contributed by atoms with E-state index in [0.29, 0.717) is 0 Å². The minimum Gasteiger partial charge on any atom is -0.243 e. The lowest BCUT2D eigenvalue weighted by Gasteiger charge is -2.08. The van der Waals surface area contributed by atoms with Crippen LogP contribution in [0, 0.1) is 10.5 Å². The van der Waals surface area contributed by atoms with E-state index in [0.717, 1.165) is 6.20 Å². The molecule has 2 N–H and O–H groups in total. The van der Waals surface area contributed by atoms with Crippen molar-refractivity contribution in [2.24, 2.45) is 5.14 Å². The Bertz CT molecular complexity index is 490. The van der Waals surface area contributed by atoms with Gasteiger partial charge in [0, 0.05) is 20.9 Å². The summed E-state index contributed by atoms with van der Waals surface area (Å²) in [5, 5.41) is 4.51. The molecule has 0 aromatic carbocycles. The Hall–Kier alpha value is -0.350. The molecule has 0 unspecified atom stereocenters. The van der Waals surface area contributed by atoms with Crippen LogP contribution in [0.3, 0.4) is 0 Å². The van der Waals surface area contributed by atoms with Gasteiger partial charge in [-0.3, -0.25) is 0 Å². The van der Waals surface area contributed by atoms with E-state index in [1.807, 2.05) is 0 Å². The van der Waals surface area contributed by atoms with Gasteiger partial charge in [0.1, 0.15) is 0 Å². The average Bonchev–Trinajstić information content (AvgIpc) is 2.06. The van der Waals surface area contributed by atoms with E-state index in [1.165, 1.54) is 6.92 Å². The van der Waals surface area contributed by atoms with Crippen molar-refractivity contribution in [3.05, 3.63) is 20.9 Å². The monoisotopic (exact) mass is 348 g/mol. The van der Waals surface area contributed by atoms with Crippen molar-refractivity contribution in [2.75, 3.05) is 0 Å². The van der Waals surface area contributed by atoms with Gasteiger partial charge in [0.05, 0.1) is 0 Å². The minimum absolute atomic E-state index is 0.149. The van der Waals surface area contributed by atoms with Crippen LogP contribution in [0.1, 0.15) is 17.6 Å². The Labute approximate surface area is 99.1 Å². The molecule has 0 saturated carbocycles. The summed E-state index contributed by atoms with van der Waals surface area (Å²) in [6.07, 6.45) is -1.85. The van der Waals surface area contributed by atoms with Crippen molar-refractivity contribution in [3.63, 3.8) is 0 Å². The SMILES string of the molecule is Cc1c(S(N)(=O)=O)ncc(C(F)F)c1I. The summed E-state index contributed by atoms with van der Waals surface area (Å²) >= 11 is 1.65. The maximum absolute atomic E-state index is 12.4. The Balaban J connectivity index is 3.48. The first-order valence-corrected chi connectivity index (χ1v) is 6.33. The number of alkyl halides is 2. The van der Waals surface area contributed by atoms with Crippen molar-refractivity contribution in [2.45, 2.75) is 18.4 Å². The molecule has 0 bridgehead atoms. The van der Waals surface area contributed by atoms with Gasteiger partial charge in [0.15, 0.2) is 5.03 Å². The van der Waals surface area contributed by atoms with Crippen LogP contribution in [0.15, 0.2) is 11.2 Å². The van der Waals surface area contributed by atoms with E-state index in [-0.39, 0.29) is 19.7 Å². The predicted molar refractivity (Wildman–Crippen MR) is 58.0 cm³/mol. The fraction of sp³-hybridized carbons (Fsp3) is 0.286. The van der Waals surface area contributed by atoms with E-state index in [9.17, 15) is 17.2 Å². The summed E-state index contributed by atoms with van der Waals surface area (Å²) in [5.41, 5.74) is -0.142. The van der Waals surface area contributed by atoms with Crippen LogP contribution >= 0.6 is 22.6 Å². The molecule has 84 valence electrons. The lowest BCUT2D eigenvalue weighted by atomic mass is 10.2. The number of nitrogens with zero attached hydrogens (tertiary/aromatic N) is 1. The van der Waals surface area contributed by atoms with Crippen LogP contribution < -0.4 is 5.14 Å². The zero-order chi connectivity index (χ0) is 11.8. The summed E-state index contributed by atoms with van der Waals surface area (Å²) in [5.74, 6) is 0. The third kappa shape index (κ3) is 2.61. The number of rotatable bonds is 2. The van der Waals surface area contributed by atoms with Gasteiger partial charge in [-0.2, -0.15) is 0 Å². The third-order valence-electron chi connectivity index (χ3n) is 1.73. The molecular formula is C7H7F2IN2O2S. The fourth-order valence-electron chi connectivity index (χ4n) is 1.03. The molecule has 0 spiro atoms. The molecule has 0 aliphatic rings. The number of halogens is 3. The molecule has 15 heavy (non-hydrogen) atoms. The molecule has 1 aromatic rings. The van der Waals surface area contributed by atoms with Crippen LogP contribution in [0.4, 0.5) is 8.78 Å². The number of hydrogen-bond acceptors (Lipinski definition) is 3. The molecule has 1 heterocycles. The molecule has 4 nitrogen and oxygen atoms in total. The number of primary sulfonamides is 1. The topological polar surface area (TPSA) is 73.1 Å². The first kappa shape index (κ1) is 12.7. The maximum atomic E-state index is 12.4. The van der Waals surface area contributed by atoms with Gasteiger partial charge >= 0.3 is 0 Å². The van der Waals surface area contributed by atoms with Crippen molar-refractivity contribution >= 4 is 32.6 Å². The second-order valence-electron chi connectivity index (χ2n) is 2.80. The largest absolute Gasteiger partial charge is 0.266 e. The highest BCUT2D eigenvalue weighted by atomic mass is 127. The lowest BCUT2D eigenvalue weighted by molar-refractivity contribution is 0.149. The highest BCUT2D eigenvalue weighted by molar-refractivity contribution is 14.1. The average molecular weight is 348 g/mol. The highest BCUT2D eigenvalue weighted by Gasteiger charge is 2.21. The normalized spacial score (nSPS) is 12.1. The highest BCUT2D eigenvalue weighted by Crippen LogP contribution is 2.28. The van der Waals surface area contributed by atoms with Crippen LogP contribution in [0.2, 0.25) is 0 Å².